The summed E-state index contributed by atoms with van der Waals surface area (Å²) in [6.07, 6.45) is 6.40. The van der Waals surface area contributed by atoms with Gasteiger partial charge in [-0.25, -0.2) is 0 Å². The number of hydrazone groups is 1. The van der Waals surface area contributed by atoms with E-state index in [9.17, 15) is 4.79 Å². The molecule has 9 heavy (non-hydrogen) atoms. The molecule has 0 spiro atoms. The molecule has 0 atom stereocenters. The Hall–Kier alpha value is -1.38. The van der Waals surface area contributed by atoms with Crippen LogP contribution in [0.2, 0.25) is 0 Å². The molecular weight excluding hydrogens is 116 g/mol. The maximum absolute atomic E-state index is 9.64. The first kappa shape index (κ1) is 7.62. The van der Waals surface area contributed by atoms with Crippen LogP contribution >= 0.6 is 0 Å². The van der Waals surface area contributed by atoms with Crippen LogP contribution < -0.4 is 5.43 Å². The molecule has 3 heteroatoms. The van der Waals surface area contributed by atoms with Crippen molar-refractivity contribution in [2.45, 2.75) is 0 Å². The average Bonchev–Trinajstić information content (AvgIpc) is 1.89. The Morgan fingerprint density at radius 3 is 2.89 bits per heavy atom. The van der Waals surface area contributed by atoms with Gasteiger partial charge in [-0.15, -0.1) is 0 Å². The second-order valence-electron chi connectivity index (χ2n) is 1.14. The summed E-state index contributed by atoms with van der Waals surface area (Å²) >= 11 is 0. The van der Waals surface area contributed by atoms with Gasteiger partial charge in [-0.1, -0.05) is 6.58 Å². The minimum atomic E-state index is 0.663. The van der Waals surface area contributed by atoms with E-state index in [1.807, 2.05) is 0 Å². The molecule has 0 fully saturated rings. The zero-order valence-corrected chi connectivity index (χ0v) is 4.95. The lowest BCUT2D eigenvalue weighted by molar-refractivity contribution is -0.104. The number of nitrogens with one attached hydrogen (secondary N) is 1. The van der Waals surface area contributed by atoms with Gasteiger partial charge >= 0.3 is 0 Å². The Balaban J connectivity index is 3.27. The first-order valence-electron chi connectivity index (χ1n) is 2.41. The van der Waals surface area contributed by atoms with Gasteiger partial charge in [-0.2, -0.15) is 5.10 Å². The number of hydrogen-bond donors (Lipinski definition) is 1. The first-order chi connectivity index (χ1) is 4.41. The number of aldehydes is 1. The third-order valence-electron chi connectivity index (χ3n) is 0.504. The predicted molar refractivity (Wildman–Crippen MR) is 37.0 cm³/mol. The van der Waals surface area contributed by atoms with Crippen LogP contribution in [0, 0.1) is 0 Å². The summed E-state index contributed by atoms with van der Waals surface area (Å²) in [6.45, 7) is 3.40. The second-order valence-corrected chi connectivity index (χ2v) is 1.14. The molecule has 0 rings (SSSR count). The fraction of sp³-hybridized carbons (Fsp3) is 0. The zero-order valence-electron chi connectivity index (χ0n) is 4.95. The lowest BCUT2D eigenvalue weighted by atomic mass is 10.7. The van der Waals surface area contributed by atoms with Crippen LogP contribution in [0.1, 0.15) is 0 Å². The summed E-state index contributed by atoms with van der Waals surface area (Å²) < 4.78 is 0. The Morgan fingerprint density at radius 2 is 2.33 bits per heavy atom. The van der Waals surface area contributed by atoms with Gasteiger partial charge in [0.15, 0.2) is 0 Å². The molecule has 0 heterocycles. The number of rotatable bonds is 4. The van der Waals surface area contributed by atoms with E-state index >= 15 is 0 Å². The molecule has 0 saturated heterocycles. The van der Waals surface area contributed by atoms with Crippen molar-refractivity contribution in [3.05, 3.63) is 24.9 Å². The molecule has 0 aromatic carbocycles. The zero-order chi connectivity index (χ0) is 6.95. The molecule has 0 unspecified atom stereocenters. The molecule has 0 amide bonds. The van der Waals surface area contributed by atoms with Crippen LogP contribution in [0.4, 0.5) is 0 Å². The topological polar surface area (TPSA) is 41.5 Å². The number of hydrogen-bond acceptors (Lipinski definition) is 3. The van der Waals surface area contributed by atoms with Gasteiger partial charge in [0, 0.05) is 12.4 Å². The Kier molecular flexibility index (Phi) is 5.60. The highest BCUT2D eigenvalue weighted by atomic mass is 16.1. The monoisotopic (exact) mass is 124 g/mol. The van der Waals surface area contributed by atoms with E-state index < -0.39 is 0 Å². The maximum Gasteiger partial charge on any atom is 0.144 e. The fourth-order valence-corrected chi connectivity index (χ4v) is 0.221. The Bertz CT molecular complexity index is 122. The quantitative estimate of drug-likeness (QED) is 0.256. The summed E-state index contributed by atoms with van der Waals surface area (Å²) in [5.74, 6) is 0. The molecule has 48 valence electrons. The van der Waals surface area contributed by atoms with Crippen LogP contribution in [0.15, 0.2) is 30.0 Å². The molecule has 0 aromatic rings. The van der Waals surface area contributed by atoms with Gasteiger partial charge < -0.3 is 0 Å². The number of carbonyl (C=O) groups is 1. The molecule has 0 aromatic heterocycles. The molecule has 0 radical (unpaired) electrons. The van der Waals surface area contributed by atoms with Gasteiger partial charge in [-0.3, -0.25) is 10.2 Å². The molecule has 0 saturated carbocycles. The van der Waals surface area contributed by atoms with Crippen molar-refractivity contribution in [1.82, 2.24) is 5.43 Å². The van der Waals surface area contributed by atoms with E-state index in [0.29, 0.717) is 6.29 Å². The SMILES string of the molecule is C=C/C=N/N/C=C/C=O. The molecular formula is C6H8N2O. The predicted octanol–water partition coefficient (Wildman–Crippen LogP) is 0.460. The van der Waals surface area contributed by atoms with Gasteiger partial charge in [0.05, 0.1) is 0 Å². The minimum absolute atomic E-state index is 0.663. The van der Waals surface area contributed by atoms with E-state index in [0.717, 1.165) is 0 Å². The molecule has 0 bridgehead atoms. The number of allylic oxidation sites excluding steroid dienone is 2. The summed E-state index contributed by atoms with van der Waals surface area (Å²) in [5.41, 5.74) is 2.47. The third kappa shape index (κ3) is 6.62. The highest BCUT2D eigenvalue weighted by molar-refractivity contribution is 5.69. The van der Waals surface area contributed by atoms with Crippen molar-refractivity contribution in [2.75, 3.05) is 0 Å². The number of carbonyl (C=O) groups excluding carboxylic acids is 1. The van der Waals surface area contributed by atoms with Crippen molar-refractivity contribution in [1.29, 1.82) is 0 Å². The van der Waals surface area contributed by atoms with Crippen molar-refractivity contribution >= 4 is 12.5 Å². The van der Waals surface area contributed by atoms with E-state index in [1.165, 1.54) is 24.6 Å². The van der Waals surface area contributed by atoms with Crippen LogP contribution in [-0.2, 0) is 4.79 Å². The lowest BCUT2D eigenvalue weighted by Gasteiger charge is -1.82. The van der Waals surface area contributed by atoms with Crippen LogP contribution in [0.3, 0.4) is 0 Å². The highest BCUT2D eigenvalue weighted by Gasteiger charge is 1.61. The van der Waals surface area contributed by atoms with E-state index in [1.54, 1.807) is 0 Å². The normalized spacial score (nSPS) is 10.2. The van der Waals surface area contributed by atoms with Crippen molar-refractivity contribution < 1.29 is 4.79 Å². The lowest BCUT2D eigenvalue weighted by Crippen LogP contribution is -1.91. The van der Waals surface area contributed by atoms with Crippen molar-refractivity contribution in [2.24, 2.45) is 5.10 Å². The molecule has 0 aliphatic rings. The molecule has 1 N–H and O–H groups in total. The van der Waals surface area contributed by atoms with Crippen molar-refractivity contribution in [3.63, 3.8) is 0 Å². The summed E-state index contributed by atoms with van der Waals surface area (Å²) in [4.78, 5) is 9.64. The van der Waals surface area contributed by atoms with E-state index in [2.05, 4.69) is 17.1 Å². The highest BCUT2D eigenvalue weighted by Crippen LogP contribution is 1.61. The third-order valence-corrected chi connectivity index (χ3v) is 0.504. The minimum Gasteiger partial charge on any atom is -0.299 e. The summed E-state index contributed by atoms with van der Waals surface area (Å²) in [7, 11) is 0. The first-order valence-corrected chi connectivity index (χ1v) is 2.41. The smallest absolute Gasteiger partial charge is 0.144 e. The van der Waals surface area contributed by atoms with E-state index in [4.69, 9.17) is 0 Å². The average molecular weight is 124 g/mol. The van der Waals surface area contributed by atoms with Crippen molar-refractivity contribution in [3.8, 4) is 0 Å². The molecule has 0 aliphatic carbocycles. The van der Waals surface area contributed by atoms with Crippen LogP contribution in [0.25, 0.3) is 0 Å². The Labute approximate surface area is 53.8 Å². The maximum atomic E-state index is 9.64. The summed E-state index contributed by atoms with van der Waals surface area (Å²) in [5, 5.41) is 3.59. The van der Waals surface area contributed by atoms with Crippen LogP contribution in [0.5, 0.6) is 0 Å². The Morgan fingerprint density at radius 1 is 1.56 bits per heavy atom. The fourth-order valence-electron chi connectivity index (χ4n) is 0.221. The van der Waals surface area contributed by atoms with E-state index in [-0.39, 0.29) is 0 Å². The molecule has 3 nitrogen and oxygen atoms in total. The molecule has 0 aliphatic heterocycles. The van der Waals surface area contributed by atoms with Gasteiger partial charge in [0.25, 0.3) is 0 Å². The standard InChI is InChI=1S/C6H8N2O/c1-2-4-7-8-5-3-6-9/h2-6,8H,1H2/b5-3+,7-4+. The van der Waals surface area contributed by atoms with Gasteiger partial charge in [-0.05, 0) is 12.2 Å². The second kappa shape index (κ2) is 6.62. The van der Waals surface area contributed by atoms with Gasteiger partial charge in [0.1, 0.15) is 6.29 Å². The van der Waals surface area contributed by atoms with Gasteiger partial charge in [0.2, 0.25) is 0 Å². The largest absolute Gasteiger partial charge is 0.299 e. The number of nitrogens with zero attached hydrogens (tertiary/aromatic N) is 1. The van der Waals surface area contributed by atoms with Crippen LogP contribution in [-0.4, -0.2) is 12.5 Å². The summed E-state index contributed by atoms with van der Waals surface area (Å²) in [6, 6.07) is 0.